The number of hydrogen-bond acceptors (Lipinski definition) is 3. The molecule has 114 valence electrons. The summed E-state index contributed by atoms with van der Waals surface area (Å²) in [6, 6.07) is 8.66. The lowest BCUT2D eigenvalue weighted by atomic mass is 9.86. The smallest absolute Gasteiger partial charge is 0.119 e. The maximum atomic E-state index is 5.37. The van der Waals surface area contributed by atoms with Crippen molar-refractivity contribution in [3.63, 3.8) is 0 Å². The summed E-state index contributed by atoms with van der Waals surface area (Å²) in [6.07, 6.45) is 0. The first kappa shape index (κ1) is 17.0. The zero-order chi connectivity index (χ0) is 15.2. The number of hydrogen-bond donors (Lipinski definition) is 1. The Kier molecular flexibility index (Phi) is 6.50. The fourth-order valence-corrected chi connectivity index (χ4v) is 3.02. The van der Waals surface area contributed by atoms with Crippen LogP contribution in [0.15, 0.2) is 24.3 Å². The molecule has 0 saturated heterocycles. The molecule has 0 spiro atoms. The number of benzene rings is 1. The van der Waals surface area contributed by atoms with Crippen molar-refractivity contribution >= 4 is 0 Å². The first-order chi connectivity index (χ1) is 9.51. The number of methoxy groups -OCH3 is 1. The van der Waals surface area contributed by atoms with Gasteiger partial charge in [0.05, 0.1) is 13.2 Å². The number of nitrogens with zero attached hydrogens (tertiary/aromatic N) is 1. The van der Waals surface area contributed by atoms with Gasteiger partial charge in [-0.2, -0.15) is 0 Å². The highest BCUT2D eigenvalue weighted by molar-refractivity contribution is 5.32. The number of likely N-dealkylation sites (N-methyl/N-ethyl adjacent to an activating group) is 2. The first-order valence-corrected chi connectivity index (χ1v) is 7.63. The average Bonchev–Trinajstić information content (AvgIpc) is 2.45. The van der Waals surface area contributed by atoms with Crippen molar-refractivity contribution in [3.05, 3.63) is 29.8 Å². The molecule has 0 aromatic heterocycles. The van der Waals surface area contributed by atoms with Gasteiger partial charge in [0.1, 0.15) is 5.75 Å². The average molecular weight is 278 g/mol. The summed E-state index contributed by atoms with van der Waals surface area (Å²) < 4.78 is 5.37. The maximum absolute atomic E-state index is 5.37. The van der Waals surface area contributed by atoms with Crippen LogP contribution in [0.3, 0.4) is 0 Å². The maximum Gasteiger partial charge on any atom is 0.119 e. The van der Waals surface area contributed by atoms with Crippen molar-refractivity contribution in [3.8, 4) is 5.75 Å². The molecule has 1 N–H and O–H groups in total. The molecule has 0 heterocycles. The number of ether oxygens (including phenoxy) is 1. The highest BCUT2D eigenvalue weighted by Crippen LogP contribution is 2.32. The van der Waals surface area contributed by atoms with Crippen LogP contribution in [0.5, 0.6) is 5.75 Å². The third-order valence-corrected chi connectivity index (χ3v) is 4.12. The van der Waals surface area contributed by atoms with Crippen molar-refractivity contribution in [2.24, 2.45) is 0 Å². The van der Waals surface area contributed by atoms with E-state index in [1.54, 1.807) is 7.11 Å². The molecule has 3 heteroatoms. The van der Waals surface area contributed by atoms with E-state index in [0.29, 0.717) is 0 Å². The van der Waals surface area contributed by atoms with Gasteiger partial charge < -0.3 is 10.1 Å². The Morgan fingerprint density at radius 1 is 1.20 bits per heavy atom. The summed E-state index contributed by atoms with van der Waals surface area (Å²) in [5.74, 6) is 0.917. The van der Waals surface area contributed by atoms with Gasteiger partial charge in [0.2, 0.25) is 0 Å². The van der Waals surface area contributed by atoms with E-state index >= 15 is 0 Å². The zero-order valence-corrected chi connectivity index (χ0v) is 13.9. The molecule has 0 fully saturated rings. The molecule has 0 radical (unpaired) electrons. The fourth-order valence-electron chi connectivity index (χ4n) is 3.02. The van der Waals surface area contributed by atoms with Crippen LogP contribution < -0.4 is 10.1 Å². The summed E-state index contributed by atoms with van der Waals surface area (Å²) >= 11 is 0. The van der Waals surface area contributed by atoms with Gasteiger partial charge in [-0.25, -0.2) is 0 Å². The largest absolute Gasteiger partial charge is 0.497 e. The quantitative estimate of drug-likeness (QED) is 0.788. The summed E-state index contributed by atoms with van der Waals surface area (Å²) in [5.41, 5.74) is 1.33. The molecule has 1 atom stereocenters. The molecule has 1 unspecified atom stereocenters. The highest BCUT2D eigenvalue weighted by Gasteiger charge is 2.34. The van der Waals surface area contributed by atoms with Crippen molar-refractivity contribution < 1.29 is 4.74 Å². The standard InChI is InChI=1S/C17H30N2O/c1-7-18-16(17(4,5)19(8-2)9-3)14-11-10-12-15(13-14)20-6/h10-13,16,18H,7-9H2,1-6H3. The molecule has 0 aliphatic heterocycles. The molecular formula is C17H30N2O. The minimum atomic E-state index is 0.0475. The Bertz CT molecular complexity index is 400. The van der Waals surface area contributed by atoms with E-state index in [-0.39, 0.29) is 11.6 Å². The fraction of sp³-hybridized carbons (Fsp3) is 0.647. The predicted octanol–water partition coefficient (Wildman–Crippen LogP) is 3.47. The molecule has 1 aromatic carbocycles. The van der Waals surface area contributed by atoms with E-state index in [2.05, 4.69) is 63.0 Å². The van der Waals surface area contributed by atoms with Gasteiger partial charge in [-0.1, -0.05) is 32.9 Å². The Hall–Kier alpha value is -1.06. The lowest BCUT2D eigenvalue weighted by molar-refractivity contribution is 0.0918. The SMILES string of the molecule is CCNC(c1cccc(OC)c1)C(C)(C)N(CC)CC. The van der Waals surface area contributed by atoms with Crippen LogP contribution in [0.4, 0.5) is 0 Å². The van der Waals surface area contributed by atoms with E-state index in [0.717, 1.165) is 25.4 Å². The Balaban J connectivity index is 3.14. The van der Waals surface area contributed by atoms with Gasteiger partial charge >= 0.3 is 0 Å². The van der Waals surface area contributed by atoms with Crippen LogP contribution >= 0.6 is 0 Å². The van der Waals surface area contributed by atoms with Gasteiger partial charge in [0.25, 0.3) is 0 Å². The number of nitrogens with one attached hydrogen (secondary N) is 1. The van der Waals surface area contributed by atoms with E-state index < -0.39 is 0 Å². The third kappa shape index (κ3) is 3.74. The number of rotatable bonds is 8. The van der Waals surface area contributed by atoms with Crippen LogP contribution in [-0.2, 0) is 0 Å². The van der Waals surface area contributed by atoms with Crippen LogP contribution in [0.25, 0.3) is 0 Å². The third-order valence-electron chi connectivity index (χ3n) is 4.12. The second-order valence-electron chi connectivity index (χ2n) is 5.59. The molecule has 1 rings (SSSR count). The van der Waals surface area contributed by atoms with E-state index in [4.69, 9.17) is 4.74 Å². The van der Waals surface area contributed by atoms with Crippen LogP contribution in [-0.4, -0.2) is 37.2 Å². The summed E-state index contributed by atoms with van der Waals surface area (Å²) in [5, 5.41) is 3.64. The molecule has 0 aliphatic carbocycles. The molecule has 0 amide bonds. The van der Waals surface area contributed by atoms with E-state index in [1.165, 1.54) is 5.56 Å². The molecule has 20 heavy (non-hydrogen) atoms. The van der Waals surface area contributed by atoms with Gasteiger partial charge in [-0.3, -0.25) is 4.90 Å². The van der Waals surface area contributed by atoms with Crippen molar-refractivity contribution in [1.29, 1.82) is 0 Å². The monoisotopic (exact) mass is 278 g/mol. The minimum absolute atomic E-state index is 0.0475. The Labute approximate surface area is 124 Å². The van der Waals surface area contributed by atoms with Gasteiger partial charge in [-0.15, -0.1) is 0 Å². The van der Waals surface area contributed by atoms with Crippen molar-refractivity contribution in [1.82, 2.24) is 10.2 Å². The second-order valence-corrected chi connectivity index (χ2v) is 5.59. The summed E-state index contributed by atoms with van der Waals surface area (Å²) in [7, 11) is 1.72. The second kappa shape index (κ2) is 7.65. The van der Waals surface area contributed by atoms with E-state index in [1.807, 2.05) is 6.07 Å². The molecule has 1 aromatic rings. The van der Waals surface area contributed by atoms with Gasteiger partial charge in [0.15, 0.2) is 0 Å². The highest BCUT2D eigenvalue weighted by atomic mass is 16.5. The van der Waals surface area contributed by atoms with Crippen molar-refractivity contribution in [2.75, 3.05) is 26.7 Å². The Morgan fingerprint density at radius 3 is 2.35 bits per heavy atom. The summed E-state index contributed by atoms with van der Waals surface area (Å²) in [4.78, 5) is 2.50. The first-order valence-electron chi connectivity index (χ1n) is 7.63. The van der Waals surface area contributed by atoms with Gasteiger partial charge in [-0.05, 0) is 51.2 Å². The topological polar surface area (TPSA) is 24.5 Å². The minimum Gasteiger partial charge on any atom is -0.497 e. The molecule has 0 aliphatic rings. The summed E-state index contributed by atoms with van der Waals surface area (Å²) in [6.45, 7) is 14.3. The van der Waals surface area contributed by atoms with Gasteiger partial charge in [0, 0.05) is 5.54 Å². The lowest BCUT2D eigenvalue weighted by Crippen LogP contribution is -2.52. The molecule has 0 saturated carbocycles. The van der Waals surface area contributed by atoms with E-state index in [9.17, 15) is 0 Å². The van der Waals surface area contributed by atoms with Crippen molar-refractivity contribution in [2.45, 2.75) is 46.2 Å². The predicted molar refractivity (Wildman–Crippen MR) is 86.4 cm³/mol. The lowest BCUT2D eigenvalue weighted by Gasteiger charge is -2.44. The molecular weight excluding hydrogens is 248 g/mol. The normalized spacial score (nSPS) is 13.6. The van der Waals surface area contributed by atoms with Crippen LogP contribution in [0.1, 0.15) is 46.2 Å². The van der Waals surface area contributed by atoms with Crippen LogP contribution in [0.2, 0.25) is 0 Å². The van der Waals surface area contributed by atoms with Crippen LogP contribution in [0, 0.1) is 0 Å². The zero-order valence-electron chi connectivity index (χ0n) is 13.9. The molecule has 0 bridgehead atoms. The molecule has 3 nitrogen and oxygen atoms in total. The Morgan fingerprint density at radius 2 is 1.85 bits per heavy atom.